The van der Waals surface area contributed by atoms with Gasteiger partial charge in [-0.1, -0.05) is 12.5 Å². The zero-order valence-electron chi connectivity index (χ0n) is 16.9. The fourth-order valence-electron chi connectivity index (χ4n) is 5.27. The van der Waals surface area contributed by atoms with Gasteiger partial charge in [-0.05, 0) is 49.4 Å². The summed E-state index contributed by atoms with van der Waals surface area (Å²) in [5.74, 6) is 2.28. The third-order valence-corrected chi connectivity index (χ3v) is 6.95. The minimum atomic E-state index is -0.794. The van der Waals surface area contributed by atoms with E-state index < -0.39 is 5.60 Å². The summed E-state index contributed by atoms with van der Waals surface area (Å²) in [5, 5.41) is 11.7. The molecule has 1 aliphatic heterocycles. The van der Waals surface area contributed by atoms with Crippen LogP contribution in [0.5, 0.6) is 5.75 Å². The van der Waals surface area contributed by atoms with Crippen LogP contribution in [-0.4, -0.2) is 39.8 Å². The first-order valence-electron chi connectivity index (χ1n) is 10.0. The van der Waals surface area contributed by atoms with Crippen LogP contribution in [0.1, 0.15) is 41.8 Å². The molecule has 4 rings (SSSR count). The SMILES string of the molecule is COc1ccc(CN2CC3CCCC(C2)C3(O)c2nccn2C)c(C)c1C. The van der Waals surface area contributed by atoms with E-state index in [4.69, 9.17) is 4.74 Å². The highest BCUT2D eigenvalue weighted by Crippen LogP contribution is 2.48. The second-order valence-corrected chi connectivity index (χ2v) is 8.38. The Morgan fingerprint density at radius 1 is 1.19 bits per heavy atom. The molecule has 2 aromatic rings. The van der Waals surface area contributed by atoms with Gasteiger partial charge in [0.15, 0.2) is 0 Å². The number of rotatable bonds is 4. The number of aromatic nitrogens is 2. The van der Waals surface area contributed by atoms with E-state index in [0.717, 1.165) is 44.0 Å². The first kappa shape index (κ1) is 18.5. The number of piperidine rings is 1. The monoisotopic (exact) mass is 369 g/mol. The first-order valence-corrected chi connectivity index (χ1v) is 10.0. The van der Waals surface area contributed by atoms with Crippen molar-refractivity contribution in [1.29, 1.82) is 0 Å². The van der Waals surface area contributed by atoms with Crippen LogP contribution < -0.4 is 4.74 Å². The van der Waals surface area contributed by atoms with Crippen molar-refractivity contribution < 1.29 is 9.84 Å². The number of imidazole rings is 1. The number of hydrogen-bond acceptors (Lipinski definition) is 4. The molecule has 2 unspecified atom stereocenters. The van der Waals surface area contributed by atoms with Crippen molar-refractivity contribution >= 4 is 0 Å². The van der Waals surface area contributed by atoms with Crippen LogP contribution >= 0.6 is 0 Å². The molecule has 2 atom stereocenters. The van der Waals surface area contributed by atoms with E-state index in [1.165, 1.54) is 23.1 Å². The van der Waals surface area contributed by atoms with Gasteiger partial charge in [-0.15, -0.1) is 0 Å². The first-order chi connectivity index (χ1) is 12.9. The number of nitrogens with zero attached hydrogens (tertiary/aromatic N) is 3. The number of hydrogen-bond donors (Lipinski definition) is 1. The van der Waals surface area contributed by atoms with E-state index in [1.807, 2.05) is 17.8 Å². The molecule has 2 fully saturated rings. The molecule has 2 heterocycles. The predicted molar refractivity (Wildman–Crippen MR) is 106 cm³/mol. The van der Waals surface area contributed by atoms with Gasteiger partial charge in [0, 0.05) is 50.9 Å². The van der Waals surface area contributed by atoms with Crippen LogP contribution in [0.2, 0.25) is 0 Å². The number of ether oxygens (including phenoxy) is 1. The summed E-state index contributed by atoms with van der Waals surface area (Å²) in [4.78, 5) is 7.06. The van der Waals surface area contributed by atoms with E-state index in [0.29, 0.717) is 0 Å². The largest absolute Gasteiger partial charge is 0.496 e. The number of aliphatic hydroxyl groups is 1. The molecule has 1 aliphatic carbocycles. The summed E-state index contributed by atoms with van der Waals surface area (Å²) in [6, 6.07) is 4.27. The lowest BCUT2D eigenvalue weighted by Gasteiger charge is -2.52. The molecule has 2 aliphatic rings. The van der Waals surface area contributed by atoms with Gasteiger partial charge >= 0.3 is 0 Å². The highest BCUT2D eigenvalue weighted by molar-refractivity contribution is 5.43. The normalized spacial score (nSPS) is 28.3. The molecule has 2 bridgehead atoms. The van der Waals surface area contributed by atoms with Crippen molar-refractivity contribution in [3.63, 3.8) is 0 Å². The lowest BCUT2D eigenvalue weighted by Crippen LogP contribution is -2.58. The number of aryl methyl sites for hydroxylation is 1. The fraction of sp³-hybridized carbons (Fsp3) is 0.591. The molecule has 27 heavy (non-hydrogen) atoms. The summed E-state index contributed by atoms with van der Waals surface area (Å²) in [6.45, 7) is 7.08. The minimum Gasteiger partial charge on any atom is -0.496 e. The molecule has 1 saturated heterocycles. The fourth-order valence-corrected chi connectivity index (χ4v) is 5.27. The Morgan fingerprint density at radius 2 is 1.89 bits per heavy atom. The molecule has 5 heteroatoms. The van der Waals surface area contributed by atoms with Crippen molar-refractivity contribution in [2.24, 2.45) is 18.9 Å². The van der Waals surface area contributed by atoms with E-state index in [2.05, 4.69) is 35.9 Å². The van der Waals surface area contributed by atoms with Gasteiger partial charge in [0.25, 0.3) is 0 Å². The maximum atomic E-state index is 11.7. The van der Waals surface area contributed by atoms with Gasteiger partial charge in [-0.25, -0.2) is 4.98 Å². The average molecular weight is 370 g/mol. The van der Waals surface area contributed by atoms with Gasteiger partial charge in [0.1, 0.15) is 17.2 Å². The van der Waals surface area contributed by atoms with Crippen LogP contribution in [0.15, 0.2) is 24.5 Å². The van der Waals surface area contributed by atoms with Crippen LogP contribution in [0.4, 0.5) is 0 Å². The zero-order chi connectivity index (χ0) is 19.2. The standard InChI is InChI=1S/C22H31N3O2/c1-15-16(2)20(27-4)9-8-17(15)12-25-13-18-6-5-7-19(14-25)22(18,26)21-23-10-11-24(21)3/h8-11,18-19,26H,5-7,12-14H2,1-4H3. The molecule has 1 saturated carbocycles. The van der Waals surface area contributed by atoms with Crippen LogP contribution in [0.25, 0.3) is 0 Å². The highest BCUT2D eigenvalue weighted by Gasteiger charge is 2.53. The zero-order valence-corrected chi connectivity index (χ0v) is 16.9. The summed E-state index contributed by atoms with van der Waals surface area (Å²) in [7, 11) is 3.72. The molecule has 0 radical (unpaired) electrons. The molecule has 5 nitrogen and oxygen atoms in total. The Kier molecular flexibility index (Phi) is 4.77. The molecule has 146 valence electrons. The Bertz CT molecular complexity index is 815. The molecule has 1 aromatic carbocycles. The van der Waals surface area contributed by atoms with Gasteiger partial charge in [0.05, 0.1) is 7.11 Å². The summed E-state index contributed by atoms with van der Waals surface area (Å²) >= 11 is 0. The van der Waals surface area contributed by atoms with E-state index in [9.17, 15) is 5.11 Å². The topological polar surface area (TPSA) is 50.5 Å². The minimum absolute atomic E-state index is 0.241. The summed E-state index contributed by atoms with van der Waals surface area (Å²) in [6.07, 6.45) is 7.09. The van der Waals surface area contributed by atoms with Crippen LogP contribution in [0.3, 0.4) is 0 Å². The third kappa shape index (κ3) is 2.97. The Hall–Kier alpha value is -1.85. The van der Waals surface area contributed by atoms with Gasteiger partial charge in [-0.2, -0.15) is 0 Å². The van der Waals surface area contributed by atoms with Crippen LogP contribution in [-0.2, 0) is 19.2 Å². The van der Waals surface area contributed by atoms with Crippen molar-refractivity contribution in [2.45, 2.75) is 45.3 Å². The lowest BCUT2D eigenvalue weighted by atomic mass is 9.65. The maximum Gasteiger partial charge on any atom is 0.141 e. The third-order valence-electron chi connectivity index (χ3n) is 6.95. The predicted octanol–water partition coefficient (Wildman–Crippen LogP) is 3.17. The van der Waals surface area contributed by atoms with E-state index >= 15 is 0 Å². The van der Waals surface area contributed by atoms with E-state index in [1.54, 1.807) is 13.3 Å². The molecular formula is C22H31N3O2. The van der Waals surface area contributed by atoms with Gasteiger partial charge in [-0.3, -0.25) is 4.90 Å². The number of methoxy groups -OCH3 is 1. The molecule has 1 N–H and O–H groups in total. The molecule has 1 aromatic heterocycles. The molecule has 0 spiro atoms. The summed E-state index contributed by atoms with van der Waals surface area (Å²) < 4.78 is 7.45. The quantitative estimate of drug-likeness (QED) is 0.899. The second-order valence-electron chi connectivity index (χ2n) is 8.38. The maximum absolute atomic E-state index is 11.7. The van der Waals surface area contributed by atoms with Gasteiger partial charge in [0.2, 0.25) is 0 Å². The molecular weight excluding hydrogens is 338 g/mol. The Morgan fingerprint density at radius 3 is 2.48 bits per heavy atom. The number of likely N-dealkylation sites (tertiary alicyclic amines) is 1. The highest BCUT2D eigenvalue weighted by atomic mass is 16.5. The lowest BCUT2D eigenvalue weighted by molar-refractivity contribution is -0.155. The average Bonchev–Trinajstić information content (AvgIpc) is 3.07. The van der Waals surface area contributed by atoms with Crippen molar-refractivity contribution in [3.05, 3.63) is 47.0 Å². The molecule has 0 amide bonds. The number of benzene rings is 1. The van der Waals surface area contributed by atoms with Crippen LogP contribution in [0, 0.1) is 25.7 Å². The van der Waals surface area contributed by atoms with Crippen molar-refractivity contribution in [1.82, 2.24) is 14.5 Å². The van der Waals surface area contributed by atoms with Gasteiger partial charge < -0.3 is 14.4 Å². The van der Waals surface area contributed by atoms with Crippen molar-refractivity contribution in [2.75, 3.05) is 20.2 Å². The second kappa shape index (κ2) is 6.95. The summed E-state index contributed by atoms with van der Waals surface area (Å²) in [5.41, 5.74) is 3.09. The van der Waals surface area contributed by atoms with E-state index in [-0.39, 0.29) is 11.8 Å². The number of fused-ring (bicyclic) bond motifs is 2. The van der Waals surface area contributed by atoms with Crippen molar-refractivity contribution in [3.8, 4) is 5.75 Å². The Labute approximate surface area is 162 Å². The smallest absolute Gasteiger partial charge is 0.141 e. The Balaban J connectivity index is 1.58.